The number of hydrogen-bond donors (Lipinski definition) is 0. The molecular weight excluding hydrogens is 188 g/mol. The Bertz CT molecular complexity index is 312. The molecule has 1 heterocycles. The van der Waals surface area contributed by atoms with Gasteiger partial charge in [0, 0.05) is 17.9 Å². The number of allylic oxidation sites excluding steroid dienone is 2. The highest BCUT2D eigenvalue weighted by Crippen LogP contribution is 2.43. The molecule has 0 saturated heterocycles. The van der Waals surface area contributed by atoms with Crippen LogP contribution in [0.2, 0.25) is 0 Å². The Hall–Kier alpha value is -0.790. The molecule has 2 heteroatoms. The largest absolute Gasteiger partial charge is 0.497 e. The molecule has 0 amide bonds. The molecule has 0 aromatic carbocycles. The summed E-state index contributed by atoms with van der Waals surface area (Å²) < 4.78 is 5.64. The van der Waals surface area contributed by atoms with Gasteiger partial charge in [-0.1, -0.05) is 20.8 Å². The van der Waals surface area contributed by atoms with E-state index in [0.717, 1.165) is 43.6 Å². The smallest absolute Gasteiger partial charge is 0.165 e. The lowest BCUT2D eigenvalue weighted by Crippen LogP contribution is -2.35. The summed E-state index contributed by atoms with van der Waals surface area (Å²) >= 11 is 0. The second-order valence-electron chi connectivity index (χ2n) is 5.29. The Morgan fingerprint density at radius 1 is 1.47 bits per heavy atom. The van der Waals surface area contributed by atoms with Gasteiger partial charge in [0.15, 0.2) is 5.78 Å². The van der Waals surface area contributed by atoms with E-state index in [2.05, 4.69) is 20.8 Å². The lowest BCUT2D eigenvalue weighted by atomic mass is 9.70. The van der Waals surface area contributed by atoms with Crippen molar-refractivity contribution in [1.82, 2.24) is 0 Å². The van der Waals surface area contributed by atoms with E-state index < -0.39 is 0 Å². The molecule has 15 heavy (non-hydrogen) atoms. The standard InChI is InChI=1S/C13H20O2/c1-4-9-5-6-10-11(12(9)14)13(2,3)7-8-15-10/h9H,4-8H2,1-3H3. The molecule has 2 aliphatic rings. The fourth-order valence-electron chi connectivity index (χ4n) is 2.70. The molecule has 0 spiro atoms. The molecule has 1 aliphatic carbocycles. The highest BCUT2D eigenvalue weighted by molar-refractivity contribution is 5.99. The van der Waals surface area contributed by atoms with Gasteiger partial charge >= 0.3 is 0 Å². The van der Waals surface area contributed by atoms with Crippen molar-refractivity contribution in [3.05, 3.63) is 11.3 Å². The summed E-state index contributed by atoms with van der Waals surface area (Å²) in [6.07, 6.45) is 3.87. The average molecular weight is 208 g/mol. The number of rotatable bonds is 1. The van der Waals surface area contributed by atoms with Crippen LogP contribution in [0.4, 0.5) is 0 Å². The third kappa shape index (κ3) is 1.70. The van der Waals surface area contributed by atoms with Crippen LogP contribution >= 0.6 is 0 Å². The van der Waals surface area contributed by atoms with Crippen molar-refractivity contribution >= 4 is 5.78 Å². The van der Waals surface area contributed by atoms with Gasteiger partial charge < -0.3 is 4.74 Å². The molecule has 0 saturated carbocycles. The summed E-state index contributed by atoms with van der Waals surface area (Å²) in [5.41, 5.74) is 1.02. The quantitative estimate of drug-likeness (QED) is 0.662. The zero-order chi connectivity index (χ0) is 11.1. The first-order chi connectivity index (χ1) is 7.06. The van der Waals surface area contributed by atoms with Crippen molar-refractivity contribution in [3.8, 4) is 0 Å². The Morgan fingerprint density at radius 2 is 2.20 bits per heavy atom. The van der Waals surface area contributed by atoms with Crippen LogP contribution in [-0.2, 0) is 9.53 Å². The molecule has 0 radical (unpaired) electrons. The maximum Gasteiger partial charge on any atom is 0.165 e. The summed E-state index contributed by atoms with van der Waals surface area (Å²) in [7, 11) is 0. The van der Waals surface area contributed by atoms with E-state index in [9.17, 15) is 4.79 Å². The second kappa shape index (κ2) is 3.66. The first-order valence-corrected chi connectivity index (χ1v) is 5.97. The SMILES string of the molecule is CCC1CCC2=C(C1=O)C(C)(C)CCO2. The van der Waals surface area contributed by atoms with Gasteiger partial charge in [-0.2, -0.15) is 0 Å². The molecule has 1 unspecified atom stereocenters. The van der Waals surface area contributed by atoms with E-state index in [1.807, 2.05) is 0 Å². The predicted molar refractivity (Wildman–Crippen MR) is 59.4 cm³/mol. The molecule has 0 fully saturated rings. The molecule has 0 aromatic heterocycles. The maximum absolute atomic E-state index is 12.3. The third-order valence-electron chi connectivity index (χ3n) is 3.79. The van der Waals surface area contributed by atoms with Gasteiger partial charge in [0.05, 0.1) is 6.61 Å². The summed E-state index contributed by atoms with van der Waals surface area (Å²) in [6.45, 7) is 7.21. The van der Waals surface area contributed by atoms with Crippen LogP contribution in [0, 0.1) is 11.3 Å². The molecule has 2 nitrogen and oxygen atoms in total. The lowest BCUT2D eigenvalue weighted by Gasteiger charge is -2.38. The van der Waals surface area contributed by atoms with Crippen LogP contribution in [0.5, 0.6) is 0 Å². The molecule has 0 bridgehead atoms. The van der Waals surface area contributed by atoms with Crippen LogP contribution < -0.4 is 0 Å². The van der Waals surface area contributed by atoms with Crippen molar-refractivity contribution in [2.45, 2.75) is 46.5 Å². The molecule has 0 aromatic rings. The van der Waals surface area contributed by atoms with E-state index in [1.54, 1.807) is 0 Å². The van der Waals surface area contributed by atoms with Gasteiger partial charge in [-0.15, -0.1) is 0 Å². The van der Waals surface area contributed by atoms with Crippen LogP contribution in [0.1, 0.15) is 46.5 Å². The van der Waals surface area contributed by atoms with E-state index in [1.165, 1.54) is 0 Å². The van der Waals surface area contributed by atoms with Gasteiger partial charge in [0.2, 0.25) is 0 Å². The fraction of sp³-hybridized carbons (Fsp3) is 0.769. The summed E-state index contributed by atoms with van der Waals surface area (Å²) in [6, 6.07) is 0. The minimum Gasteiger partial charge on any atom is -0.497 e. The van der Waals surface area contributed by atoms with Gasteiger partial charge in [-0.25, -0.2) is 0 Å². The average Bonchev–Trinajstić information content (AvgIpc) is 2.17. The Labute approximate surface area is 91.7 Å². The number of Topliss-reactive ketones (excluding diaryl/α,β-unsaturated/α-hetero) is 1. The van der Waals surface area contributed by atoms with Crippen LogP contribution in [0.3, 0.4) is 0 Å². The molecule has 2 rings (SSSR count). The summed E-state index contributed by atoms with van der Waals surface area (Å²) in [4.78, 5) is 12.3. The first kappa shape index (κ1) is 10.7. The normalized spacial score (nSPS) is 29.8. The van der Waals surface area contributed by atoms with Crippen molar-refractivity contribution in [3.63, 3.8) is 0 Å². The predicted octanol–water partition coefficient (Wildman–Crippen LogP) is 3.08. The van der Waals surface area contributed by atoms with Gasteiger partial charge in [0.1, 0.15) is 5.76 Å². The number of carbonyl (C=O) groups is 1. The van der Waals surface area contributed by atoms with E-state index in [-0.39, 0.29) is 11.3 Å². The van der Waals surface area contributed by atoms with Crippen molar-refractivity contribution < 1.29 is 9.53 Å². The number of carbonyl (C=O) groups excluding carboxylic acids is 1. The van der Waals surface area contributed by atoms with Crippen LogP contribution in [0.25, 0.3) is 0 Å². The maximum atomic E-state index is 12.3. The highest BCUT2D eigenvalue weighted by atomic mass is 16.5. The zero-order valence-corrected chi connectivity index (χ0v) is 9.93. The highest BCUT2D eigenvalue weighted by Gasteiger charge is 2.40. The van der Waals surface area contributed by atoms with Gasteiger partial charge in [-0.3, -0.25) is 4.79 Å². The zero-order valence-electron chi connectivity index (χ0n) is 9.93. The Balaban J connectivity index is 2.38. The number of hydrogen-bond acceptors (Lipinski definition) is 2. The lowest BCUT2D eigenvalue weighted by molar-refractivity contribution is -0.122. The fourth-order valence-corrected chi connectivity index (χ4v) is 2.70. The molecule has 1 aliphatic heterocycles. The van der Waals surface area contributed by atoms with Crippen LogP contribution in [-0.4, -0.2) is 12.4 Å². The van der Waals surface area contributed by atoms with Crippen LogP contribution in [0.15, 0.2) is 11.3 Å². The minimum absolute atomic E-state index is 0.0263. The summed E-state index contributed by atoms with van der Waals surface area (Å²) in [5.74, 6) is 1.58. The first-order valence-electron chi connectivity index (χ1n) is 5.97. The van der Waals surface area contributed by atoms with E-state index >= 15 is 0 Å². The molecule has 1 atom stereocenters. The summed E-state index contributed by atoms with van der Waals surface area (Å²) in [5, 5.41) is 0. The number of ketones is 1. The van der Waals surface area contributed by atoms with Crippen molar-refractivity contribution in [2.75, 3.05) is 6.61 Å². The minimum atomic E-state index is 0.0263. The van der Waals surface area contributed by atoms with Gasteiger partial charge in [0.25, 0.3) is 0 Å². The van der Waals surface area contributed by atoms with Crippen molar-refractivity contribution in [2.24, 2.45) is 11.3 Å². The monoisotopic (exact) mass is 208 g/mol. The van der Waals surface area contributed by atoms with Crippen molar-refractivity contribution in [1.29, 1.82) is 0 Å². The molecule has 0 N–H and O–H groups in total. The number of ether oxygens (including phenoxy) is 1. The van der Waals surface area contributed by atoms with E-state index in [4.69, 9.17) is 4.74 Å². The molecule has 84 valence electrons. The van der Waals surface area contributed by atoms with Gasteiger partial charge in [-0.05, 0) is 24.7 Å². The Kier molecular flexibility index (Phi) is 2.61. The van der Waals surface area contributed by atoms with E-state index in [0.29, 0.717) is 5.78 Å². The Morgan fingerprint density at radius 3 is 2.87 bits per heavy atom. The topological polar surface area (TPSA) is 26.3 Å². The second-order valence-corrected chi connectivity index (χ2v) is 5.29. The molecular formula is C13H20O2. The third-order valence-corrected chi connectivity index (χ3v) is 3.79.